The average molecular weight is 406 g/mol. The summed E-state index contributed by atoms with van der Waals surface area (Å²) in [4.78, 5) is 27.2. The van der Waals surface area contributed by atoms with Gasteiger partial charge in [-0.1, -0.05) is 60.7 Å². The number of carbonyl (C=O) groups is 2. The van der Waals surface area contributed by atoms with Gasteiger partial charge in [0.2, 0.25) is 5.91 Å². The Bertz CT molecular complexity index is 1280. The third-order valence-electron chi connectivity index (χ3n) is 5.73. The van der Waals surface area contributed by atoms with Crippen LogP contribution < -0.4 is 10.2 Å². The van der Waals surface area contributed by atoms with Crippen LogP contribution in [0.15, 0.2) is 91.0 Å². The minimum Gasteiger partial charge on any atom is -0.322 e. The molecule has 0 radical (unpaired) electrons. The number of aryl methyl sites for hydroxylation is 1. The second-order valence-corrected chi connectivity index (χ2v) is 7.83. The van der Waals surface area contributed by atoms with Crippen LogP contribution in [-0.2, 0) is 17.8 Å². The lowest BCUT2D eigenvalue weighted by molar-refractivity contribution is -0.119. The first-order valence-corrected chi connectivity index (χ1v) is 10.4. The predicted octanol–water partition coefficient (Wildman–Crippen LogP) is 5.57. The molecule has 0 atom stereocenters. The van der Waals surface area contributed by atoms with Crippen molar-refractivity contribution in [3.8, 4) is 0 Å². The molecule has 0 unspecified atom stereocenters. The molecule has 1 N–H and O–H groups in total. The van der Waals surface area contributed by atoms with Crippen molar-refractivity contribution >= 4 is 34.0 Å². The van der Waals surface area contributed by atoms with Crippen LogP contribution in [0.2, 0.25) is 0 Å². The summed E-state index contributed by atoms with van der Waals surface area (Å²) >= 11 is 0. The first kappa shape index (κ1) is 19.1. The van der Waals surface area contributed by atoms with Gasteiger partial charge in [-0.25, -0.2) is 0 Å². The summed E-state index contributed by atoms with van der Waals surface area (Å²) in [6.45, 7) is 0.551. The minimum atomic E-state index is -0.140. The second-order valence-electron chi connectivity index (χ2n) is 7.83. The number of benzene rings is 4. The van der Waals surface area contributed by atoms with Gasteiger partial charge in [-0.3, -0.25) is 9.59 Å². The molecule has 0 saturated heterocycles. The highest BCUT2D eigenvalue weighted by molar-refractivity contribution is 6.07. The zero-order chi connectivity index (χ0) is 21.2. The molecule has 5 rings (SSSR count). The molecule has 4 heteroatoms. The van der Waals surface area contributed by atoms with Crippen molar-refractivity contribution in [1.82, 2.24) is 0 Å². The van der Waals surface area contributed by atoms with E-state index in [1.54, 1.807) is 0 Å². The molecular formula is C27H22N2O2. The summed E-state index contributed by atoms with van der Waals surface area (Å²) in [7, 11) is 0. The van der Waals surface area contributed by atoms with Crippen LogP contribution in [0.4, 0.5) is 11.4 Å². The Morgan fingerprint density at radius 2 is 1.58 bits per heavy atom. The highest BCUT2D eigenvalue weighted by atomic mass is 16.2. The first-order chi connectivity index (χ1) is 15.2. The molecule has 0 aromatic heterocycles. The summed E-state index contributed by atoms with van der Waals surface area (Å²) in [5.74, 6) is -0.0111. The molecule has 0 aliphatic carbocycles. The zero-order valence-corrected chi connectivity index (χ0v) is 17.0. The van der Waals surface area contributed by atoms with Crippen molar-refractivity contribution in [2.24, 2.45) is 0 Å². The lowest BCUT2D eigenvalue weighted by Gasteiger charge is -2.30. The van der Waals surface area contributed by atoms with Crippen LogP contribution in [-0.4, -0.2) is 11.8 Å². The number of nitrogens with zero attached hydrogens (tertiary/aromatic N) is 1. The van der Waals surface area contributed by atoms with Gasteiger partial charge in [0.15, 0.2) is 0 Å². The van der Waals surface area contributed by atoms with Crippen molar-refractivity contribution < 1.29 is 9.59 Å². The van der Waals surface area contributed by atoms with E-state index in [0.29, 0.717) is 24.9 Å². The summed E-state index contributed by atoms with van der Waals surface area (Å²) in [5, 5.41) is 5.15. The molecule has 0 saturated carbocycles. The summed E-state index contributed by atoms with van der Waals surface area (Å²) in [5.41, 5.74) is 4.45. The van der Waals surface area contributed by atoms with Gasteiger partial charge in [0.05, 0.1) is 6.54 Å². The number of nitrogens with one attached hydrogen (secondary N) is 1. The maximum Gasteiger partial charge on any atom is 0.255 e. The zero-order valence-electron chi connectivity index (χ0n) is 17.0. The summed E-state index contributed by atoms with van der Waals surface area (Å²) < 4.78 is 0. The van der Waals surface area contributed by atoms with Crippen molar-refractivity contribution in [3.63, 3.8) is 0 Å². The summed E-state index contributed by atoms with van der Waals surface area (Å²) in [6.07, 6.45) is 1.15. The van der Waals surface area contributed by atoms with Gasteiger partial charge in [0.25, 0.3) is 5.91 Å². The second kappa shape index (κ2) is 8.07. The van der Waals surface area contributed by atoms with Crippen molar-refractivity contribution in [1.29, 1.82) is 0 Å². The molecule has 0 fully saturated rings. The highest BCUT2D eigenvalue weighted by Gasteiger charge is 2.24. The molecule has 0 bridgehead atoms. The highest BCUT2D eigenvalue weighted by Crippen LogP contribution is 2.31. The number of amides is 2. The fraction of sp³-hybridized carbons (Fsp3) is 0.111. The Labute approximate surface area is 181 Å². The van der Waals surface area contributed by atoms with E-state index >= 15 is 0 Å². The van der Waals surface area contributed by atoms with Crippen molar-refractivity contribution in [2.75, 3.05) is 10.2 Å². The number of carbonyl (C=O) groups excluding carboxylic acids is 2. The van der Waals surface area contributed by atoms with E-state index in [1.165, 1.54) is 0 Å². The molecule has 1 aliphatic heterocycles. The molecule has 31 heavy (non-hydrogen) atoms. The molecule has 4 aromatic rings. The van der Waals surface area contributed by atoms with Crippen LogP contribution in [0.5, 0.6) is 0 Å². The minimum absolute atomic E-state index is 0.129. The third kappa shape index (κ3) is 3.92. The topological polar surface area (TPSA) is 49.4 Å². The molecule has 2 amide bonds. The predicted molar refractivity (Wildman–Crippen MR) is 124 cm³/mol. The Hall–Kier alpha value is -3.92. The molecule has 4 aromatic carbocycles. The van der Waals surface area contributed by atoms with Crippen molar-refractivity contribution in [2.45, 2.75) is 19.4 Å². The average Bonchev–Trinajstić information content (AvgIpc) is 2.81. The summed E-state index contributed by atoms with van der Waals surface area (Å²) in [6, 6.07) is 29.5. The fourth-order valence-electron chi connectivity index (χ4n) is 4.11. The maximum absolute atomic E-state index is 12.8. The Kier molecular flexibility index (Phi) is 4.97. The molecular weight excluding hydrogens is 384 g/mol. The van der Waals surface area contributed by atoms with Crippen LogP contribution in [0.1, 0.15) is 27.9 Å². The van der Waals surface area contributed by atoms with E-state index < -0.39 is 0 Å². The lowest BCUT2D eigenvalue weighted by Crippen LogP contribution is -2.34. The Morgan fingerprint density at radius 1 is 0.806 bits per heavy atom. The maximum atomic E-state index is 12.8. The SMILES string of the molecule is O=C(Nc1ccc2c(c1)CCC(=O)N2Cc1ccccc1)c1ccc2ccccc2c1. The lowest BCUT2D eigenvalue weighted by atomic mass is 9.99. The molecule has 0 spiro atoms. The number of rotatable bonds is 4. The molecule has 1 heterocycles. The van der Waals surface area contributed by atoms with Gasteiger partial charge in [-0.2, -0.15) is 0 Å². The molecule has 1 aliphatic rings. The number of hydrogen-bond donors (Lipinski definition) is 1. The largest absolute Gasteiger partial charge is 0.322 e. The van der Waals surface area contributed by atoms with Gasteiger partial charge in [0.1, 0.15) is 0 Å². The Morgan fingerprint density at radius 3 is 2.42 bits per heavy atom. The number of anilines is 2. The quantitative estimate of drug-likeness (QED) is 0.482. The third-order valence-corrected chi connectivity index (χ3v) is 5.73. The van der Waals surface area contributed by atoms with E-state index in [9.17, 15) is 9.59 Å². The van der Waals surface area contributed by atoms with E-state index in [2.05, 4.69) is 5.32 Å². The molecule has 152 valence electrons. The van der Waals surface area contributed by atoms with Gasteiger partial charge in [-0.05, 0) is 58.7 Å². The van der Waals surface area contributed by atoms with Gasteiger partial charge >= 0.3 is 0 Å². The van der Waals surface area contributed by atoms with Crippen molar-refractivity contribution in [3.05, 3.63) is 108 Å². The van der Waals surface area contributed by atoms with Gasteiger partial charge < -0.3 is 10.2 Å². The monoisotopic (exact) mass is 406 g/mol. The van der Waals surface area contributed by atoms with Crippen LogP contribution >= 0.6 is 0 Å². The Balaban J connectivity index is 1.38. The number of fused-ring (bicyclic) bond motifs is 2. The first-order valence-electron chi connectivity index (χ1n) is 10.4. The van der Waals surface area contributed by atoms with Crippen LogP contribution in [0.25, 0.3) is 10.8 Å². The van der Waals surface area contributed by atoms with E-state index in [0.717, 1.165) is 33.3 Å². The van der Waals surface area contributed by atoms with Gasteiger partial charge in [-0.15, -0.1) is 0 Å². The van der Waals surface area contributed by atoms with E-state index in [1.807, 2.05) is 95.9 Å². The normalized spacial score (nSPS) is 13.2. The fourth-order valence-corrected chi connectivity index (χ4v) is 4.11. The standard InChI is InChI=1S/C27H22N2O2/c30-26-15-12-22-17-24(13-14-25(22)29(26)18-19-6-2-1-3-7-19)28-27(31)23-11-10-20-8-4-5-9-21(20)16-23/h1-11,13-14,16-17H,12,15,18H2,(H,28,31). The number of hydrogen-bond acceptors (Lipinski definition) is 2. The molecule has 4 nitrogen and oxygen atoms in total. The van der Waals surface area contributed by atoms with Crippen LogP contribution in [0, 0.1) is 0 Å². The smallest absolute Gasteiger partial charge is 0.255 e. The van der Waals surface area contributed by atoms with Crippen LogP contribution in [0.3, 0.4) is 0 Å². The van der Waals surface area contributed by atoms with E-state index in [-0.39, 0.29) is 11.8 Å². The van der Waals surface area contributed by atoms with E-state index in [4.69, 9.17) is 0 Å². The van der Waals surface area contributed by atoms with Gasteiger partial charge in [0, 0.05) is 23.4 Å².